The molecule has 0 spiro atoms. The lowest BCUT2D eigenvalue weighted by Crippen LogP contribution is -2.58. The topological polar surface area (TPSA) is 217 Å². The number of phenols is 2. The standard InChI is InChI=1S/C27H37N5O7/c1-16(29)24(35)31-22(14-17-5-9-19(33)10-6-17)26(37)32-23(15-18-7-11-20(34)12-8-18)25(36)30-21(27(38)39)4-2-3-13-28/h5-12,16,21-23,33-34H,2-4,13-15,28-29H2,1H3,(H,30,36)(H,31,35)(H,32,37)(H,38,39). The first kappa shape index (κ1) is 31.1. The Balaban J connectivity index is 2.29. The van der Waals surface area contributed by atoms with Gasteiger partial charge in [-0.05, 0) is 68.1 Å². The van der Waals surface area contributed by atoms with Gasteiger partial charge in [-0.1, -0.05) is 24.3 Å². The average Bonchev–Trinajstić information content (AvgIpc) is 2.89. The number of phenolic OH excluding ortho intramolecular Hbond substituents is 2. The van der Waals surface area contributed by atoms with Crippen molar-refractivity contribution in [2.75, 3.05) is 6.54 Å². The molecule has 0 aliphatic heterocycles. The minimum Gasteiger partial charge on any atom is -0.508 e. The summed E-state index contributed by atoms with van der Waals surface area (Å²) in [6, 6.07) is 7.65. The molecule has 4 unspecified atom stereocenters. The van der Waals surface area contributed by atoms with Gasteiger partial charge in [0.05, 0.1) is 6.04 Å². The highest BCUT2D eigenvalue weighted by Gasteiger charge is 2.30. The molecule has 4 atom stereocenters. The highest BCUT2D eigenvalue weighted by atomic mass is 16.4. The van der Waals surface area contributed by atoms with E-state index in [0.29, 0.717) is 30.5 Å². The molecule has 0 radical (unpaired) electrons. The second kappa shape index (κ2) is 15.3. The van der Waals surface area contributed by atoms with Crippen molar-refractivity contribution in [1.82, 2.24) is 16.0 Å². The molecule has 0 heterocycles. The Hall–Kier alpha value is -4.16. The summed E-state index contributed by atoms with van der Waals surface area (Å²) in [5, 5.41) is 36.5. The van der Waals surface area contributed by atoms with Crippen molar-refractivity contribution >= 4 is 23.7 Å². The number of hydrogen-bond acceptors (Lipinski definition) is 8. The van der Waals surface area contributed by atoms with Gasteiger partial charge in [0.2, 0.25) is 17.7 Å². The molecule has 3 amide bonds. The number of rotatable bonds is 15. The van der Waals surface area contributed by atoms with E-state index in [9.17, 15) is 34.5 Å². The van der Waals surface area contributed by atoms with Gasteiger partial charge < -0.3 is 42.7 Å². The van der Waals surface area contributed by atoms with Gasteiger partial charge in [-0.2, -0.15) is 0 Å². The van der Waals surface area contributed by atoms with Crippen LogP contribution >= 0.6 is 0 Å². The van der Waals surface area contributed by atoms with Gasteiger partial charge in [-0.3, -0.25) is 14.4 Å². The Bertz CT molecular complexity index is 1110. The molecule has 0 fully saturated rings. The maximum absolute atomic E-state index is 13.4. The fourth-order valence-electron chi connectivity index (χ4n) is 3.75. The molecule has 12 nitrogen and oxygen atoms in total. The largest absolute Gasteiger partial charge is 0.508 e. The van der Waals surface area contributed by atoms with Gasteiger partial charge in [0.15, 0.2) is 0 Å². The van der Waals surface area contributed by atoms with Crippen LogP contribution in [0.15, 0.2) is 48.5 Å². The molecule has 2 aromatic carbocycles. The van der Waals surface area contributed by atoms with E-state index in [2.05, 4.69) is 16.0 Å². The SMILES string of the molecule is CC(N)C(=O)NC(Cc1ccc(O)cc1)C(=O)NC(Cc1ccc(O)cc1)C(=O)NC(CCCCN)C(=O)O. The number of carboxylic acid groups (broad SMARTS) is 1. The molecule has 0 aromatic heterocycles. The van der Waals surface area contributed by atoms with Gasteiger partial charge in [0, 0.05) is 12.8 Å². The monoisotopic (exact) mass is 543 g/mol. The molecule has 0 bridgehead atoms. The zero-order valence-electron chi connectivity index (χ0n) is 21.8. The summed E-state index contributed by atoms with van der Waals surface area (Å²) >= 11 is 0. The van der Waals surface area contributed by atoms with E-state index in [0.717, 1.165) is 0 Å². The molecule has 2 rings (SSSR count). The average molecular weight is 544 g/mol. The van der Waals surface area contributed by atoms with E-state index in [1.165, 1.54) is 31.2 Å². The number of amides is 3. The van der Waals surface area contributed by atoms with Gasteiger partial charge >= 0.3 is 5.97 Å². The van der Waals surface area contributed by atoms with Crippen LogP contribution < -0.4 is 27.4 Å². The highest BCUT2D eigenvalue weighted by Crippen LogP contribution is 2.14. The fraction of sp³-hybridized carbons (Fsp3) is 0.407. The maximum Gasteiger partial charge on any atom is 0.326 e. The third kappa shape index (κ3) is 10.6. The summed E-state index contributed by atoms with van der Waals surface area (Å²) < 4.78 is 0. The number of carbonyl (C=O) groups is 4. The maximum atomic E-state index is 13.4. The molecule has 39 heavy (non-hydrogen) atoms. The van der Waals surface area contributed by atoms with Crippen LogP contribution in [0.25, 0.3) is 0 Å². The van der Waals surface area contributed by atoms with E-state index in [4.69, 9.17) is 11.5 Å². The summed E-state index contributed by atoms with van der Waals surface area (Å²) in [4.78, 5) is 50.8. The van der Waals surface area contributed by atoms with Crippen LogP contribution in [0.5, 0.6) is 11.5 Å². The first-order valence-electron chi connectivity index (χ1n) is 12.7. The zero-order valence-corrected chi connectivity index (χ0v) is 21.8. The molecular formula is C27H37N5O7. The predicted molar refractivity (Wildman–Crippen MR) is 144 cm³/mol. The molecular weight excluding hydrogens is 506 g/mol. The smallest absolute Gasteiger partial charge is 0.326 e. The van der Waals surface area contributed by atoms with Crippen LogP contribution in [-0.2, 0) is 32.0 Å². The van der Waals surface area contributed by atoms with Crippen LogP contribution in [0.4, 0.5) is 0 Å². The minimum atomic E-state index is -1.22. The van der Waals surface area contributed by atoms with E-state index in [-0.39, 0.29) is 30.8 Å². The lowest BCUT2D eigenvalue weighted by molar-refractivity contribution is -0.142. The summed E-state index contributed by atoms with van der Waals surface area (Å²) in [6.07, 6.45) is 1.26. The summed E-state index contributed by atoms with van der Waals surface area (Å²) in [7, 11) is 0. The second-order valence-electron chi connectivity index (χ2n) is 9.34. The lowest BCUT2D eigenvalue weighted by Gasteiger charge is -2.25. The molecule has 0 aliphatic rings. The molecule has 0 saturated heterocycles. The van der Waals surface area contributed by atoms with E-state index in [1.54, 1.807) is 24.3 Å². The van der Waals surface area contributed by atoms with Crippen molar-refractivity contribution in [3.63, 3.8) is 0 Å². The summed E-state index contributed by atoms with van der Waals surface area (Å²) in [5.74, 6) is -3.17. The first-order chi connectivity index (χ1) is 18.5. The van der Waals surface area contributed by atoms with Crippen molar-refractivity contribution in [1.29, 1.82) is 0 Å². The number of carbonyl (C=O) groups excluding carboxylic acids is 3. The third-order valence-corrected chi connectivity index (χ3v) is 5.99. The van der Waals surface area contributed by atoms with Crippen molar-refractivity contribution in [3.05, 3.63) is 59.7 Å². The van der Waals surface area contributed by atoms with Crippen molar-refractivity contribution in [3.8, 4) is 11.5 Å². The van der Waals surface area contributed by atoms with Crippen molar-refractivity contribution in [2.45, 2.75) is 63.2 Å². The first-order valence-corrected chi connectivity index (χ1v) is 12.7. The van der Waals surface area contributed by atoms with Gasteiger partial charge in [-0.15, -0.1) is 0 Å². The normalized spacial score (nSPS) is 13.9. The Morgan fingerprint density at radius 3 is 1.51 bits per heavy atom. The van der Waals surface area contributed by atoms with Crippen LogP contribution in [0.3, 0.4) is 0 Å². The van der Waals surface area contributed by atoms with Crippen LogP contribution in [0.2, 0.25) is 0 Å². The lowest BCUT2D eigenvalue weighted by atomic mass is 10.0. The number of nitrogens with two attached hydrogens (primary N) is 2. The number of hydrogen-bond donors (Lipinski definition) is 8. The Morgan fingerprint density at radius 2 is 1.13 bits per heavy atom. The van der Waals surface area contributed by atoms with Crippen LogP contribution in [0.1, 0.15) is 37.3 Å². The summed E-state index contributed by atoms with van der Waals surface area (Å²) in [6.45, 7) is 1.85. The van der Waals surface area contributed by atoms with Crippen LogP contribution in [-0.4, -0.2) is 69.7 Å². The van der Waals surface area contributed by atoms with E-state index in [1.807, 2.05) is 0 Å². The van der Waals surface area contributed by atoms with Gasteiger partial charge in [0.1, 0.15) is 29.6 Å². The number of carboxylic acids is 1. The molecule has 2 aromatic rings. The number of aliphatic carboxylic acids is 1. The number of nitrogens with one attached hydrogen (secondary N) is 3. The number of unbranched alkanes of at least 4 members (excludes halogenated alkanes) is 1. The molecule has 212 valence electrons. The van der Waals surface area contributed by atoms with Crippen molar-refractivity contribution in [2.24, 2.45) is 11.5 Å². The van der Waals surface area contributed by atoms with Crippen LogP contribution in [0, 0.1) is 0 Å². The number of benzene rings is 2. The van der Waals surface area contributed by atoms with Gasteiger partial charge in [-0.25, -0.2) is 4.79 Å². The Labute approximate surface area is 226 Å². The predicted octanol–water partition coefficient (Wildman–Crippen LogP) is -0.102. The summed E-state index contributed by atoms with van der Waals surface area (Å²) in [5.41, 5.74) is 12.4. The van der Waals surface area contributed by atoms with Crippen molar-refractivity contribution < 1.29 is 34.5 Å². The fourth-order valence-corrected chi connectivity index (χ4v) is 3.75. The van der Waals surface area contributed by atoms with E-state index >= 15 is 0 Å². The number of aromatic hydroxyl groups is 2. The quantitative estimate of drug-likeness (QED) is 0.140. The molecule has 0 aliphatic carbocycles. The minimum absolute atomic E-state index is 0.0137. The third-order valence-electron chi connectivity index (χ3n) is 5.99. The Morgan fingerprint density at radius 1 is 0.718 bits per heavy atom. The Kier molecular flexibility index (Phi) is 12.2. The highest BCUT2D eigenvalue weighted by molar-refractivity contribution is 5.94. The zero-order chi connectivity index (χ0) is 28.9. The molecule has 0 saturated carbocycles. The molecule has 12 heteroatoms. The molecule has 10 N–H and O–H groups in total. The van der Waals surface area contributed by atoms with Gasteiger partial charge in [0.25, 0.3) is 0 Å². The van der Waals surface area contributed by atoms with E-state index < -0.39 is 47.9 Å². The second-order valence-corrected chi connectivity index (χ2v) is 9.34.